The Labute approximate surface area is 154 Å². The average molecular weight is 348 g/mol. The zero-order valence-corrected chi connectivity index (χ0v) is 15.1. The van der Waals surface area contributed by atoms with Gasteiger partial charge in [-0.15, -0.1) is 0 Å². The van der Waals surface area contributed by atoms with Gasteiger partial charge in [-0.2, -0.15) is 0 Å². The number of hydrogen-bond donors (Lipinski definition) is 1. The molecule has 0 bridgehead atoms. The molecule has 1 aromatic heterocycles. The van der Waals surface area contributed by atoms with Crippen LogP contribution in [0.4, 0.5) is 11.6 Å². The van der Waals surface area contributed by atoms with E-state index >= 15 is 0 Å². The van der Waals surface area contributed by atoms with Crippen LogP contribution in [0.1, 0.15) is 11.3 Å². The van der Waals surface area contributed by atoms with Crippen molar-refractivity contribution in [2.45, 2.75) is 19.5 Å². The van der Waals surface area contributed by atoms with Gasteiger partial charge in [-0.3, -0.25) is 4.90 Å². The Morgan fingerprint density at radius 1 is 1.08 bits per heavy atom. The lowest BCUT2D eigenvalue weighted by atomic mass is 10.1. The molecule has 2 heterocycles. The van der Waals surface area contributed by atoms with E-state index in [4.69, 9.17) is 4.74 Å². The summed E-state index contributed by atoms with van der Waals surface area (Å²) >= 11 is 0. The van der Waals surface area contributed by atoms with Gasteiger partial charge in [0.15, 0.2) is 0 Å². The molecule has 0 aliphatic carbocycles. The molecule has 26 heavy (non-hydrogen) atoms. The number of rotatable bonds is 6. The fourth-order valence-electron chi connectivity index (χ4n) is 3.39. The molecule has 5 heteroatoms. The number of para-hydroxylation sites is 1. The predicted octanol–water partition coefficient (Wildman–Crippen LogP) is 3.69. The van der Waals surface area contributed by atoms with Crippen LogP contribution in [-0.2, 0) is 19.5 Å². The molecule has 0 unspecified atom stereocenters. The van der Waals surface area contributed by atoms with E-state index in [1.165, 1.54) is 11.3 Å². The van der Waals surface area contributed by atoms with E-state index in [-0.39, 0.29) is 0 Å². The lowest BCUT2D eigenvalue weighted by molar-refractivity contribution is 0.225. The number of ether oxygens (including phenoxy) is 1. The van der Waals surface area contributed by atoms with E-state index in [0.29, 0.717) is 0 Å². The van der Waals surface area contributed by atoms with Crippen LogP contribution in [0.25, 0.3) is 0 Å². The summed E-state index contributed by atoms with van der Waals surface area (Å²) in [5, 5.41) is 3.42. The highest BCUT2D eigenvalue weighted by Gasteiger charge is 2.19. The molecular formula is C21H24N4O. The van der Waals surface area contributed by atoms with Crippen molar-refractivity contribution < 1.29 is 4.74 Å². The van der Waals surface area contributed by atoms with Gasteiger partial charge in [0.05, 0.1) is 19.0 Å². The normalized spacial score (nSPS) is 14.0. The monoisotopic (exact) mass is 348 g/mol. The van der Waals surface area contributed by atoms with Crippen molar-refractivity contribution in [1.29, 1.82) is 0 Å². The first-order valence-electron chi connectivity index (χ1n) is 9.03. The standard InChI is InChI=1S/C21H24N4O/c1-26-20-9-5-6-17(14-20)10-11-24-12-13-25-19(16-24)15-22-21(25)23-18-7-3-2-4-8-18/h2-9,14-15H,10-13,16H2,1H3,(H,22,23). The third-order valence-corrected chi connectivity index (χ3v) is 4.84. The molecule has 134 valence electrons. The van der Waals surface area contributed by atoms with Gasteiger partial charge in [-0.25, -0.2) is 4.98 Å². The van der Waals surface area contributed by atoms with E-state index in [1.54, 1.807) is 7.11 Å². The number of hydrogen-bond acceptors (Lipinski definition) is 4. The minimum Gasteiger partial charge on any atom is -0.497 e. The summed E-state index contributed by atoms with van der Waals surface area (Å²) in [6.45, 7) is 3.98. The maximum absolute atomic E-state index is 5.31. The van der Waals surface area contributed by atoms with Crippen LogP contribution in [-0.4, -0.2) is 34.7 Å². The fourth-order valence-corrected chi connectivity index (χ4v) is 3.39. The number of imidazole rings is 1. The Morgan fingerprint density at radius 3 is 2.81 bits per heavy atom. The highest BCUT2D eigenvalue weighted by Crippen LogP contribution is 2.21. The molecule has 2 aromatic carbocycles. The van der Waals surface area contributed by atoms with E-state index in [2.05, 4.69) is 50.1 Å². The predicted molar refractivity (Wildman–Crippen MR) is 104 cm³/mol. The topological polar surface area (TPSA) is 42.3 Å². The smallest absolute Gasteiger partial charge is 0.207 e. The summed E-state index contributed by atoms with van der Waals surface area (Å²) in [6, 6.07) is 18.5. The van der Waals surface area contributed by atoms with Crippen molar-refractivity contribution in [3.8, 4) is 5.75 Å². The van der Waals surface area contributed by atoms with Gasteiger partial charge >= 0.3 is 0 Å². The molecule has 1 aliphatic rings. The van der Waals surface area contributed by atoms with Crippen LogP contribution in [0.2, 0.25) is 0 Å². The molecule has 0 amide bonds. The molecule has 0 atom stereocenters. The third-order valence-electron chi connectivity index (χ3n) is 4.84. The Bertz CT molecular complexity index is 859. The number of aromatic nitrogens is 2. The Morgan fingerprint density at radius 2 is 1.96 bits per heavy atom. The van der Waals surface area contributed by atoms with Gasteiger partial charge in [-0.05, 0) is 36.2 Å². The Hall–Kier alpha value is -2.79. The molecule has 0 saturated carbocycles. The van der Waals surface area contributed by atoms with E-state index in [0.717, 1.165) is 50.0 Å². The molecule has 0 spiro atoms. The van der Waals surface area contributed by atoms with E-state index in [9.17, 15) is 0 Å². The Balaban J connectivity index is 1.37. The first-order chi connectivity index (χ1) is 12.8. The number of benzene rings is 2. The SMILES string of the molecule is COc1cccc(CCN2CCn3c(cnc3Nc3ccccc3)C2)c1. The highest BCUT2D eigenvalue weighted by molar-refractivity contribution is 5.53. The van der Waals surface area contributed by atoms with Crippen molar-refractivity contribution in [3.63, 3.8) is 0 Å². The minimum absolute atomic E-state index is 0.927. The largest absolute Gasteiger partial charge is 0.497 e. The van der Waals surface area contributed by atoms with Crippen molar-refractivity contribution in [3.05, 3.63) is 72.1 Å². The van der Waals surface area contributed by atoms with E-state index in [1.807, 2.05) is 30.5 Å². The highest BCUT2D eigenvalue weighted by atomic mass is 16.5. The molecule has 4 rings (SSSR count). The van der Waals surface area contributed by atoms with E-state index < -0.39 is 0 Å². The van der Waals surface area contributed by atoms with Crippen molar-refractivity contribution in [1.82, 2.24) is 14.5 Å². The van der Waals surface area contributed by atoms with Gasteiger partial charge in [0.1, 0.15) is 5.75 Å². The number of nitrogens with one attached hydrogen (secondary N) is 1. The van der Waals surface area contributed by atoms with Crippen LogP contribution >= 0.6 is 0 Å². The molecule has 0 radical (unpaired) electrons. The fraction of sp³-hybridized carbons (Fsp3) is 0.286. The summed E-state index contributed by atoms with van der Waals surface area (Å²) in [6.07, 6.45) is 3.02. The average Bonchev–Trinajstić information content (AvgIpc) is 3.09. The summed E-state index contributed by atoms with van der Waals surface area (Å²) < 4.78 is 7.60. The van der Waals surface area contributed by atoms with Gasteiger partial charge in [0, 0.05) is 31.9 Å². The second-order valence-electron chi connectivity index (χ2n) is 6.59. The molecule has 5 nitrogen and oxygen atoms in total. The van der Waals surface area contributed by atoms with Crippen molar-refractivity contribution in [2.24, 2.45) is 0 Å². The molecular weight excluding hydrogens is 324 g/mol. The first-order valence-corrected chi connectivity index (χ1v) is 9.03. The van der Waals surface area contributed by atoms with Crippen molar-refractivity contribution in [2.75, 3.05) is 25.5 Å². The van der Waals surface area contributed by atoms with Gasteiger partial charge in [0.25, 0.3) is 0 Å². The second kappa shape index (κ2) is 7.62. The van der Waals surface area contributed by atoms with Crippen LogP contribution in [0.5, 0.6) is 5.75 Å². The summed E-state index contributed by atoms with van der Waals surface area (Å²) in [7, 11) is 1.71. The number of anilines is 2. The van der Waals surface area contributed by atoms with Gasteiger partial charge in [0.2, 0.25) is 5.95 Å². The quantitative estimate of drug-likeness (QED) is 0.738. The maximum atomic E-state index is 5.31. The molecule has 1 aliphatic heterocycles. The van der Waals surface area contributed by atoms with Crippen molar-refractivity contribution >= 4 is 11.6 Å². The zero-order chi connectivity index (χ0) is 17.8. The lowest BCUT2D eigenvalue weighted by Crippen LogP contribution is -2.35. The minimum atomic E-state index is 0.927. The number of fused-ring (bicyclic) bond motifs is 1. The number of nitrogens with zero attached hydrogens (tertiary/aromatic N) is 3. The summed E-state index contributed by atoms with van der Waals surface area (Å²) in [5.74, 6) is 1.86. The molecule has 0 fully saturated rings. The summed E-state index contributed by atoms with van der Waals surface area (Å²) in [5.41, 5.74) is 3.65. The van der Waals surface area contributed by atoms with Crippen LogP contribution < -0.4 is 10.1 Å². The first kappa shape index (κ1) is 16.7. The van der Waals surface area contributed by atoms with Crippen LogP contribution in [0.15, 0.2) is 60.8 Å². The van der Waals surface area contributed by atoms with Crippen LogP contribution in [0.3, 0.4) is 0 Å². The van der Waals surface area contributed by atoms with Gasteiger partial charge < -0.3 is 14.6 Å². The zero-order valence-electron chi connectivity index (χ0n) is 15.1. The molecule has 0 saturated heterocycles. The molecule has 1 N–H and O–H groups in total. The van der Waals surface area contributed by atoms with Crippen LogP contribution in [0, 0.1) is 0 Å². The number of methoxy groups -OCH3 is 1. The van der Waals surface area contributed by atoms with Gasteiger partial charge in [-0.1, -0.05) is 30.3 Å². The summed E-state index contributed by atoms with van der Waals surface area (Å²) in [4.78, 5) is 7.07. The molecule has 3 aromatic rings. The lowest BCUT2D eigenvalue weighted by Gasteiger charge is -2.28. The maximum Gasteiger partial charge on any atom is 0.207 e. The Kier molecular flexibility index (Phi) is 4.88. The third kappa shape index (κ3) is 3.73. The second-order valence-corrected chi connectivity index (χ2v) is 6.59.